The first-order valence-corrected chi connectivity index (χ1v) is 8.61. The predicted molar refractivity (Wildman–Crippen MR) is 97.6 cm³/mol. The second kappa shape index (κ2) is 6.29. The highest BCUT2D eigenvalue weighted by molar-refractivity contribution is 6.06. The van der Waals surface area contributed by atoms with Gasteiger partial charge in [-0.25, -0.2) is 0 Å². The van der Waals surface area contributed by atoms with E-state index in [0.717, 1.165) is 11.3 Å². The molecule has 0 unspecified atom stereocenters. The Morgan fingerprint density at radius 1 is 0.962 bits per heavy atom. The summed E-state index contributed by atoms with van der Waals surface area (Å²) in [6.45, 7) is 0.588. The minimum atomic E-state index is -0.502. The van der Waals surface area contributed by atoms with Gasteiger partial charge in [-0.1, -0.05) is 36.4 Å². The molecule has 0 radical (unpaired) electrons. The summed E-state index contributed by atoms with van der Waals surface area (Å²) >= 11 is 0. The first-order valence-electron chi connectivity index (χ1n) is 8.61. The molecule has 4 rings (SSSR count). The molecular formula is C20H19N3O3. The molecule has 132 valence electrons. The summed E-state index contributed by atoms with van der Waals surface area (Å²) in [5, 5.41) is 0. The lowest BCUT2D eigenvalue weighted by Gasteiger charge is -2.22. The van der Waals surface area contributed by atoms with E-state index in [4.69, 9.17) is 5.73 Å². The smallest absolute Gasteiger partial charge is 0.232 e. The minimum Gasteiger partial charge on any atom is -0.369 e. The van der Waals surface area contributed by atoms with Gasteiger partial charge in [0.15, 0.2) is 0 Å². The van der Waals surface area contributed by atoms with Crippen molar-refractivity contribution in [2.24, 2.45) is 11.7 Å². The predicted octanol–water partition coefficient (Wildman–Crippen LogP) is 1.66. The SMILES string of the molecule is NC(=O)[C@H]1CN(C(=O)[C@H]2CC(=O)N(c3ccccc3)C2)c2ccccc21. The number of amides is 3. The number of carbonyl (C=O) groups excluding carboxylic acids is 3. The van der Waals surface area contributed by atoms with E-state index < -0.39 is 17.7 Å². The van der Waals surface area contributed by atoms with E-state index in [1.165, 1.54) is 0 Å². The average Bonchev–Trinajstić information content (AvgIpc) is 3.23. The Morgan fingerprint density at radius 2 is 1.65 bits per heavy atom. The standard InChI is InChI=1S/C20H19N3O3/c21-19(25)16-12-23(17-9-5-4-8-15(16)17)20(26)13-10-18(24)22(11-13)14-6-2-1-3-7-14/h1-9,13,16H,10-12H2,(H2,21,25)/t13-,16-/m0/s1. The maximum atomic E-state index is 13.1. The van der Waals surface area contributed by atoms with Gasteiger partial charge >= 0.3 is 0 Å². The van der Waals surface area contributed by atoms with Crippen LogP contribution in [0.3, 0.4) is 0 Å². The average molecular weight is 349 g/mol. The molecule has 6 heteroatoms. The van der Waals surface area contributed by atoms with Gasteiger partial charge in [-0.05, 0) is 23.8 Å². The van der Waals surface area contributed by atoms with E-state index in [2.05, 4.69) is 0 Å². The number of benzene rings is 2. The number of nitrogens with two attached hydrogens (primary N) is 1. The van der Waals surface area contributed by atoms with Crippen LogP contribution in [0.1, 0.15) is 17.9 Å². The first-order chi connectivity index (χ1) is 12.6. The molecule has 2 aliphatic rings. The number of para-hydroxylation sites is 2. The first kappa shape index (κ1) is 16.3. The number of anilines is 2. The van der Waals surface area contributed by atoms with Gasteiger partial charge in [0, 0.05) is 30.9 Å². The zero-order valence-corrected chi connectivity index (χ0v) is 14.2. The fourth-order valence-corrected chi connectivity index (χ4v) is 3.81. The molecule has 6 nitrogen and oxygen atoms in total. The number of hydrogen-bond acceptors (Lipinski definition) is 3. The third kappa shape index (κ3) is 2.63. The van der Waals surface area contributed by atoms with Gasteiger partial charge in [0.2, 0.25) is 17.7 Å². The second-order valence-corrected chi connectivity index (χ2v) is 6.70. The van der Waals surface area contributed by atoms with Gasteiger partial charge in [0.25, 0.3) is 0 Å². The van der Waals surface area contributed by atoms with E-state index in [-0.39, 0.29) is 24.8 Å². The van der Waals surface area contributed by atoms with Crippen molar-refractivity contribution in [1.82, 2.24) is 0 Å². The van der Waals surface area contributed by atoms with Crippen molar-refractivity contribution in [3.05, 3.63) is 60.2 Å². The number of carbonyl (C=O) groups is 3. The summed E-state index contributed by atoms with van der Waals surface area (Å²) in [4.78, 5) is 40.5. The van der Waals surface area contributed by atoms with Crippen LogP contribution in [0.4, 0.5) is 11.4 Å². The van der Waals surface area contributed by atoms with Gasteiger partial charge < -0.3 is 15.5 Å². The molecule has 1 fully saturated rings. The molecule has 0 spiro atoms. The van der Waals surface area contributed by atoms with Crippen molar-refractivity contribution >= 4 is 29.1 Å². The molecule has 0 aromatic heterocycles. The maximum Gasteiger partial charge on any atom is 0.232 e. The molecule has 0 bridgehead atoms. The Labute approximate surface area is 151 Å². The molecule has 0 aliphatic carbocycles. The van der Waals surface area contributed by atoms with Crippen LogP contribution in [0, 0.1) is 5.92 Å². The Bertz CT molecular complexity index is 881. The highest BCUT2D eigenvalue weighted by Crippen LogP contribution is 2.38. The summed E-state index contributed by atoms with van der Waals surface area (Å²) in [6, 6.07) is 16.7. The van der Waals surface area contributed by atoms with E-state index in [1.807, 2.05) is 54.6 Å². The van der Waals surface area contributed by atoms with Crippen LogP contribution in [0.2, 0.25) is 0 Å². The fraction of sp³-hybridized carbons (Fsp3) is 0.250. The Balaban J connectivity index is 1.58. The summed E-state index contributed by atoms with van der Waals surface area (Å²) in [6.07, 6.45) is 0.174. The van der Waals surface area contributed by atoms with Crippen LogP contribution in [0.15, 0.2) is 54.6 Å². The number of rotatable bonds is 3. The lowest BCUT2D eigenvalue weighted by molar-refractivity contribution is -0.124. The van der Waals surface area contributed by atoms with Gasteiger partial charge in [-0.2, -0.15) is 0 Å². The quantitative estimate of drug-likeness (QED) is 0.915. The number of primary amides is 1. The summed E-state index contributed by atoms with van der Waals surface area (Å²) in [5.74, 6) is -1.57. The molecule has 3 amide bonds. The molecule has 2 aromatic rings. The number of hydrogen-bond donors (Lipinski definition) is 1. The van der Waals surface area contributed by atoms with Crippen molar-refractivity contribution in [3.8, 4) is 0 Å². The van der Waals surface area contributed by atoms with Crippen LogP contribution in [-0.2, 0) is 14.4 Å². The van der Waals surface area contributed by atoms with Crippen molar-refractivity contribution in [1.29, 1.82) is 0 Å². The van der Waals surface area contributed by atoms with E-state index in [0.29, 0.717) is 12.2 Å². The molecule has 1 saturated heterocycles. The van der Waals surface area contributed by atoms with Gasteiger partial charge in [-0.15, -0.1) is 0 Å². The van der Waals surface area contributed by atoms with Crippen LogP contribution < -0.4 is 15.5 Å². The summed E-state index contributed by atoms with van der Waals surface area (Å²) in [5.41, 5.74) is 7.80. The van der Waals surface area contributed by atoms with Gasteiger partial charge in [0.1, 0.15) is 0 Å². The Hall–Kier alpha value is -3.15. The third-order valence-corrected chi connectivity index (χ3v) is 5.12. The molecule has 2 heterocycles. The molecular weight excluding hydrogens is 330 g/mol. The lowest BCUT2D eigenvalue weighted by atomic mass is 10.0. The highest BCUT2D eigenvalue weighted by atomic mass is 16.2. The van der Waals surface area contributed by atoms with E-state index in [1.54, 1.807) is 9.80 Å². The largest absolute Gasteiger partial charge is 0.369 e. The maximum absolute atomic E-state index is 13.1. The molecule has 2 N–H and O–H groups in total. The monoisotopic (exact) mass is 349 g/mol. The normalized spacial score (nSPS) is 21.8. The number of fused-ring (bicyclic) bond motifs is 1. The van der Waals surface area contributed by atoms with Crippen molar-refractivity contribution in [2.75, 3.05) is 22.9 Å². The van der Waals surface area contributed by atoms with Gasteiger partial charge in [0.05, 0.1) is 11.8 Å². The Kier molecular flexibility index (Phi) is 3.95. The second-order valence-electron chi connectivity index (χ2n) is 6.70. The zero-order valence-electron chi connectivity index (χ0n) is 14.2. The molecule has 2 aliphatic heterocycles. The highest BCUT2D eigenvalue weighted by Gasteiger charge is 2.42. The summed E-state index contributed by atoms with van der Waals surface area (Å²) in [7, 11) is 0. The van der Waals surface area contributed by atoms with Crippen molar-refractivity contribution in [3.63, 3.8) is 0 Å². The molecule has 0 saturated carbocycles. The minimum absolute atomic E-state index is 0.0616. The van der Waals surface area contributed by atoms with Gasteiger partial charge in [-0.3, -0.25) is 14.4 Å². The van der Waals surface area contributed by atoms with E-state index in [9.17, 15) is 14.4 Å². The lowest BCUT2D eigenvalue weighted by Crippen LogP contribution is -2.38. The van der Waals surface area contributed by atoms with Crippen molar-refractivity contribution < 1.29 is 14.4 Å². The third-order valence-electron chi connectivity index (χ3n) is 5.12. The topological polar surface area (TPSA) is 83.7 Å². The van der Waals surface area contributed by atoms with Crippen LogP contribution in [0.5, 0.6) is 0 Å². The molecule has 2 aromatic carbocycles. The van der Waals surface area contributed by atoms with Crippen LogP contribution >= 0.6 is 0 Å². The number of nitrogens with zero attached hydrogens (tertiary/aromatic N) is 2. The van der Waals surface area contributed by atoms with Crippen LogP contribution in [0.25, 0.3) is 0 Å². The van der Waals surface area contributed by atoms with Crippen molar-refractivity contribution in [2.45, 2.75) is 12.3 Å². The summed E-state index contributed by atoms with van der Waals surface area (Å²) < 4.78 is 0. The van der Waals surface area contributed by atoms with Crippen LogP contribution in [-0.4, -0.2) is 30.8 Å². The van der Waals surface area contributed by atoms with E-state index >= 15 is 0 Å². The Morgan fingerprint density at radius 3 is 2.38 bits per heavy atom. The fourth-order valence-electron chi connectivity index (χ4n) is 3.81. The molecule has 26 heavy (non-hydrogen) atoms. The molecule has 2 atom stereocenters. The zero-order chi connectivity index (χ0) is 18.3.